The van der Waals surface area contributed by atoms with Crippen molar-refractivity contribution in [3.05, 3.63) is 52.0 Å². The SMILES string of the molecule is Cc1csc(/C(C#N)=C\c2cc3ccccc3nc2N2CCCCC2)n1. The van der Waals surface area contributed by atoms with Crippen LogP contribution in [-0.2, 0) is 0 Å². The Morgan fingerprint density at radius 1 is 1.19 bits per heavy atom. The standard InChI is InChI=1S/C21H20N4S/c1-15-14-26-21(23-15)18(13-22)12-17-11-16-7-3-4-8-19(16)24-20(17)25-9-5-2-6-10-25/h3-4,7-8,11-12,14H,2,5-6,9-10H2,1H3/b18-12-. The maximum atomic E-state index is 9.68. The Morgan fingerprint density at radius 3 is 2.73 bits per heavy atom. The van der Waals surface area contributed by atoms with Crippen molar-refractivity contribution >= 4 is 39.7 Å². The average Bonchev–Trinajstić information content (AvgIpc) is 3.12. The van der Waals surface area contributed by atoms with Gasteiger partial charge >= 0.3 is 0 Å². The summed E-state index contributed by atoms with van der Waals surface area (Å²) < 4.78 is 0. The highest BCUT2D eigenvalue weighted by Crippen LogP contribution is 2.30. The summed E-state index contributed by atoms with van der Waals surface area (Å²) in [5, 5.41) is 13.5. The van der Waals surface area contributed by atoms with Crippen molar-refractivity contribution in [2.24, 2.45) is 0 Å². The number of piperidine rings is 1. The van der Waals surface area contributed by atoms with E-state index in [1.807, 2.05) is 36.6 Å². The molecule has 2 aromatic heterocycles. The van der Waals surface area contributed by atoms with Crippen molar-refractivity contribution in [1.82, 2.24) is 9.97 Å². The van der Waals surface area contributed by atoms with Crippen LogP contribution in [0.25, 0.3) is 22.6 Å². The highest BCUT2D eigenvalue weighted by atomic mass is 32.1. The second-order valence-electron chi connectivity index (χ2n) is 6.61. The van der Waals surface area contributed by atoms with Gasteiger partial charge in [0, 0.05) is 35.1 Å². The lowest BCUT2D eigenvalue weighted by Crippen LogP contribution is -2.30. The largest absolute Gasteiger partial charge is 0.356 e. The fourth-order valence-corrected chi connectivity index (χ4v) is 4.13. The third-order valence-electron chi connectivity index (χ3n) is 4.66. The molecule has 1 aromatic carbocycles. The molecule has 5 heteroatoms. The normalized spacial score (nSPS) is 15.2. The van der Waals surface area contributed by atoms with Gasteiger partial charge in [0.05, 0.1) is 11.1 Å². The fraction of sp³-hybridized carbons (Fsp3) is 0.286. The first-order valence-electron chi connectivity index (χ1n) is 8.93. The van der Waals surface area contributed by atoms with Gasteiger partial charge in [0.15, 0.2) is 0 Å². The number of thiazole rings is 1. The summed E-state index contributed by atoms with van der Waals surface area (Å²) in [5.74, 6) is 0.976. The molecule has 1 fully saturated rings. The number of nitrogens with zero attached hydrogens (tertiary/aromatic N) is 4. The van der Waals surface area contributed by atoms with Gasteiger partial charge in [0.25, 0.3) is 0 Å². The van der Waals surface area contributed by atoms with Crippen LogP contribution in [0.5, 0.6) is 0 Å². The van der Waals surface area contributed by atoms with Crippen LogP contribution < -0.4 is 4.90 Å². The van der Waals surface area contributed by atoms with E-state index in [4.69, 9.17) is 4.98 Å². The molecule has 0 saturated carbocycles. The van der Waals surface area contributed by atoms with Gasteiger partial charge in [-0.15, -0.1) is 11.3 Å². The van der Waals surface area contributed by atoms with E-state index in [-0.39, 0.29) is 0 Å². The summed E-state index contributed by atoms with van der Waals surface area (Å²) in [5.41, 5.74) is 3.53. The first-order valence-corrected chi connectivity index (χ1v) is 9.81. The van der Waals surface area contributed by atoms with E-state index in [1.54, 1.807) is 0 Å². The summed E-state index contributed by atoms with van der Waals surface area (Å²) >= 11 is 1.51. The van der Waals surface area contributed by atoms with Crippen LogP contribution in [-0.4, -0.2) is 23.1 Å². The van der Waals surface area contributed by atoms with Gasteiger partial charge in [-0.2, -0.15) is 5.26 Å². The van der Waals surface area contributed by atoms with E-state index in [2.05, 4.69) is 28.1 Å². The summed E-state index contributed by atoms with van der Waals surface area (Å²) in [7, 11) is 0. The first-order chi connectivity index (χ1) is 12.7. The lowest BCUT2D eigenvalue weighted by atomic mass is 10.1. The molecule has 1 saturated heterocycles. The molecule has 0 atom stereocenters. The molecule has 3 aromatic rings. The molecule has 0 aliphatic carbocycles. The van der Waals surface area contributed by atoms with Crippen LogP contribution in [0.4, 0.5) is 5.82 Å². The van der Waals surface area contributed by atoms with Crippen molar-refractivity contribution < 1.29 is 0 Å². The molecule has 3 heterocycles. The zero-order chi connectivity index (χ0) is 17.9. The molecule has 1 aliphatic rings. The van der Waals surface area contributed by atoms with E-state index in [0.29, 0.717) is 5.57 Å². The number of fused-ring (bicyclic) bond motifs is 1. The van der Waals surface area contributed by atoms with Gasteiger partial charge in [-0.1, -0.05) is 18.2 Å². The van der Waals surface area contributed by atoms with E-state index in [9.17, 15) is 5.26 Å². The van der Waals surface area contributed by atoms with Gasteiger partial charge in [-0.25, -0.2) is 9.97 Å². The third-order valence-corrected chi connectivity index (χ3v) is 5.65. The predicted octanol–water partition coefficient (Wildman–Crippen LogP) is 5.05. The van der Waals surface area contributed by atoms with Gasteiger partial charge in [0.1, 0.15) is 16.9 Å². The molecule has 0 spiro atoms. The lowest BCUT2D eigenvalue weighted by molar-refractivity contribution is 0.574. The zero-order valence-electron chi connectivity index (χ0n) is 14.8. The van der Waals surface area contributed by atoms with E-state index in [1.165, 1.54) is 30.6 Å². The summed E-state index contributed by atoms with van der Waals surface area (Å²) in [6, 6.07) is 12.6. The van der Waals surface area contributed by atoms with Gasteiger partial charge in [-0.05, 0) is 44.4 Å². The third kappa shape index (κ3) is 3.33. The topological polar surface area (TPSA) is 52.8 Å². The number of aryl methyl sites for hydroxylation is 1. The van der Waals surface area contributed by atoms with E-state index in [0.717, 1.165) is 46.1 Å². The van der Waals surface area contributed by atoms with E-state index >= 15 is 0 Å². The van der Waals surface area contributed by atoms with Crippen LogP contribution in [0.1, 0.15) is 35.5 Å². The number of pyridine rings is 1. The number of aromatic nitrogens is 2. The van der Waals surface area contributed by atoms with Crippen LogP contribution in [0.15, 0.2) is 35.7 Å². The van der Waals surface area contributed by atoms with Crippen molar-refractivity contribution in [3.8, 4) is 6.07 Å². The predicted molar refractivity (Wildman–Crippen MR) is 108 cm³/mol. The molecule has 4 nitrogen and oxygen atoms in total. The molecular weight excluding hydrogens is 340 g/mol. The number of allylic oxidation sites excluding steroid dienone is 1. The zero-order valence-corrected chi connectivity index (χ0v) is 15.6. The molecule has 0 N–H and O–H groups in total. The fourth-order valence-electron chi connectivity index (χ4n) is 3.36. The Morgan fingerprint density at radius 2 is 2.00 bits per heavy atom. The molecule has 0 bridgehead atoms. The number of para-hydroxylation sites is 1. The average molecular weight is 360 g/mol. The maximum absolute atomic E-state index is 9.68. The summed E-state index contributed by atoms with van der Waals surface area (Å²) in [6.07, 6.45) is 5.60. The Hall–Kier alpha value is -2.71. The van der Waals surface area contributed by atoms with Crippen LogP contribution in [0, 0.1) is 18.3 Å². The highest BCUT2D eigenvalue weighted by molar-refractivity contribution is 7.11. The monoisotopic (exact) mass is 360 g/mol. The molecule has 0 unspecified atom stereocenters. The van der Waals surface area contributed by atoms with Gasteiger partial charge < -0.3 is 4.90 Å². The number of anilines is 1. The second-order valence-corrected chi connectivity index (χ2v) is 7.46. The van der Waals surface area contributed by atoms with E-state index < -0.39 is 0 Å². The quantitative estimate of drug-likeness (QED) is 0.613. The van der Waals surface area contributed by atoms with Gasteiger partial charge in [0.2, 0.25) is 0 Å². The molecule has 130 valence electrons. The Labute approximate surface area is 157 Å². The summed E-state index contributed by atoms with van der Waals surface area (Å²) in [4.78, 5) is 11.8. The van der Waals surface area contributed by atoms with Crippen molar-refractivity contribution in [3.63, 3.8) is 0 Å². The number of hydrogen-bond acceptors (Lipinski definition) is 5. The maximum Gasteiger partial charge on any atom is 0.136 e. The van der Waals surface area contributed by atoms with Crippen molar-refractivity contribution in [2.45, 2.75) is 26.2 Å². The number of benzene rings is 1. The number of nitriles is 1. The number of rotatable bonds is 3. The molecule has 1 aliphatic heterocycles. The molecular formula is C21H20N4S. The van der Waals surface area contributed by atoms with Crippen LogP contribution >= 0.6 is 11.3 Å². The Balaban J connectivity index is 1.86. The van der Waals surface area contributed by atoms with Crippen LogP contribution in [0.2, 0.25) is 0 Å². The highest BCUT2D eigenvalue weighted by Gasteiger charge is 2.17. The van der Waals surface area contributed by atoms with Crippen molar-refractivity contribution in [1.29, 1.82) is 5.26 Å². The summed E-state index contributed by atoms with van der Waals surface area (Å²) in [6.45, 7) is 3.99. The molecule has 0 radical (unpaired) electrons. The minimum atomic E-state index is 0.596. The Kier molecular flexibility index (Phi) is 4.68. The minimum absolute atomic E-state index is 0.596. The smallest absolute Gasteiger partial charge is 0.136 e. The molecule has 0 amide bonds. The Bertz CT molecular complexity index is 1010. The second kappa shape index (κ2) is 7.27. The molecule has 4 rings (SSSR count). The molecule has 26 heavy (non-hydrogen) atoms. The van der Waals surface area contributed by atoms with Gasteiger partial charge in [-0.3, -0.25) is 0 Å². The van der Waals surface area contributed by atoms with Crippen molar-refractivity contribution in [2.75, 3.05) is 18.0 Å². The van der Waals surface area contributed by atoms with Crippen LogP contribution in [0.3, 0.4) is 0 Å². The number of hydrogen-bond donors (Lipinski definition) is 0. The lowest BCUT2D eigenvalue weighted by Gasteiger charge is -2.29. The minimum Gasteiger partial charge on any atom is -0.356 e. The first kappa shape index (κ1) is 16.7.